The molecule has 1 amide bonds. The van der Waals surface area contributed by atoms with E-state index in [4.69, 9.17) is 5.11 Å². The van der Waals surface area contributed by atoms with E-state index in [1.807, 2.05) is 6.92 Å². The normalized spacial score (nSPS) is 19.2. The summed E-state index contributed by atoms with van der Waals surface area (Å²) in [6.45, 7) is 2.88. The van der Waals surface area contributed by atoms with Crippen molar-refractivity contribution >= 4 is 15.9 Å². The summed E-state index contributed by atoms with van der Waals surface area (Å²) in [6.07, 6.45) is 1.21. The highest BCUT2D eigenvalue weighted by Gasteiger charge is 2.34. The highest BCUT2D eigenvalue weighted by atomic mass is 32.2. The molecular weight excluding hydrogens is 335 g/mol. The molecule has 0 saturated carbocycles. The molecule has 1 aliphatic rings. The number of carbonyl (C=O) groups excluding carboxylic acids is 1. The lowest BCUT2D eigenvalue weighted by atomic mass is 9.98. The minimum Gasteiger partial charge on any atom is -0.395 e. The summed E-state index contributed by atoms with van der Waals surface area (Å²) in [4.78, 5) is 14.1. The van der Waals surface area contributed by atoms with E-state index in [9.17, 15) is 17.6 Å². The molecule has 0 aromatic heterocycles. The van der Waals surface area contributed by atoms with Crippen LogP contribution in [0.4, 0.5) is 4.39 Å². The minimum absolute atomic E-state index is 0.0275. The fourth-order valence-corrected chi connectivity index (χ4v) is 4.44. The van der Waals surface area contributed by atoms with E-state index < -0.39 is 21.8 Å². The molecule has 1 aromatic rings. The number of hydrogen-bond donors (Lipinski definition) is 1. The summed E-state index contributed by atoms with van der Waals surface area (Å²) in [7, 11) is -3.74. The Morgan fingerprint density at radius 3 is 2.62 bits per heavy atom. The van der Waals surface area contributed by atoms with Gasteiger partial charge in [-0.1, -0.05) is 0 Å². The summed E-state index contributed by atoms with van der Waals surface area (Å²) in [5.41, 5.74) is 0. The fraction of sp³-hybridized carbons (Fsp3) is 0.562. The lowest BCUT2D eigenvalue weighted by Crippen LogP contribution is -2.47. The first kappa shape index (κ1) is 18.8. The predicted octanol–water partition coefficient (Wildman–Crippen LogP) is 1.07. The van der Waals surface area contributed by atoms with Crippen molar-refractivity contribution in [3.8, 4) is 0 Å². The number of amides is 1. The van der Waals surface area contributed by atoms with Crippen molar-refractivity contribution in [2.75, 3.05) is 32.8 Å². The number of hydrogen-bond acceptors (Lipinski definition) is 4. The van der Waals surface area contributed by atoms with E-state index in [0.717, 1.165) is 12.1 Å². The van der Waals surface area contributed by atoms with Crippen LogP contribution in [-0.2, 0) is 14.8 Å². The van der Waals surface area contributed by atoms with Crippen molar-refractivity contribution in [1.29, 1.82) is 0 Å². The van der Waals surface area contributed by atoms with Crippen LogP contribution in [0.25, 0.3) is 0 Å². The van der Waals surface area contributed by atoms with Gasteiger partial charge in [0.15, 0.2) is 0 Å². The Morgan fingerprint density at radius 2 is 2.04 bits per heavy atom. The number of aliphatic hydroxyl groups is 1. The number of sulfonamides is 1. The summed E-state index contributed by atoms with van der Waals surface area (Å²) in [6, 6.07) is 4.69. The molecule has 1 heterocycles. The predicted molar refractivity (Wildman–Crippen MR) is 87.2 cm³/mol. The zero-order chi connectivity index (χ0) is 17.7. The molecule has 1 saturated heterocycles. The zero-order valence-electron chi connectivity index (χ0n) is 13.7. The first-order valence-electron chi connectivity index (χ1n) is 8.05. The Balaban J connectivity index is 2.15. The molecule has 1 N–H and O–H groups in total. The standard InChI is InChI=1S/C16H23FN2O4S/c1-2-18(10-11-20)16(21)13-4-3-9-19(12-13)24(22,23)15-7-5-14(17)6-8-15/h5-8,13,20H,2-4,9-12H2,1H3. The summed E-state index contributed by atoms with van der Waals surface area (Å²) >= 11 is 0. The molecule has 6 nitrogen and oxygen atoms in total. The third kappa shape index (κ3) is 4.12. The number of piperidine rings is 1. The zero-order valence-corrected chi connectivity index (χ0v) is 14.5. The molecule has 1 aromatic carbocycles. The van der Waals surface area contributed by atoms with Gasteiger partial charge in [0.2, 0.25) is 15.9 Å². The second-order valence-electron chi connectivity index (χ2n) is 5.80. The van der Waals surface area contributed by atoms with Gasteiger partial charge in [0.1, 0.15) is 5.82 Å². The van der Waals surface area contributed by atoms with Crippen molar-refractivity contribution in [2.45, 2.75) is 24.7 Å². The van der Waals surface area contributed by atoms with Gasteiger partial charge in [-0.15, -0.1) is 0 Å². The van der Waals surface area contributed by atoms with Crippen molar-refractivity contribution in [2.24, 2.45) is 5.92 Å². The van der Waals surface area contributed by atoms with Crippen LogP contribution in [0.5, 0.6) is 0 Å². The van der Waals surface area contributed by atoms with Crippen LogP contribution >= 0.6 is 0 Å². The van der Waals surface area contributed by atoms with Crippen molar-refractivity contribution in [3.05, 3.63) is 30.1 Å². The third-order valence-electron chi connectivity index (χ3n) is 4.25. The van der Waals surface area contributed by atoms with E-state index in [-0.39, 0.29) is 30.5 Å². The van der Waals surface area contributed by atoms with Gasteiger partial charge in [0, 0.05) is 26.2 Å². The molecule has 2 rings (SSSR count). The van der Waals surface area contributed by atoms with E-state index in [1.54, 1.807) is 4.90 Å². The average Bonchev–Trinajstić information content (AvgIpc) is 2.59. The molecule has 0 radical (unpaired) electrons. The average molecular weight is 358 g/mol. The van der Waals surface area contributed by atoms with Crippen molar-refractivity contribution < 1.29 is 22.7 Å². The van der Waals surface area contributed by atoms with E-state index in [0.29, 0.717) is 25.9 Å². The van der Waals surface area contributed by atoms with Gasteiger partial charge in [-0.3, -0.25) is 4.79 Å². The molecule has 134 valence electrons. The third-order valence-corrected chi connectivity index (χ3v) is 6.13. The van der Waals surface area contributed by atoms with Crippen LogP contribution in [-0.4, -0.2) is 61.4 Å². The number of halogens is 1. The molecule has 24 heavy (non-hydrogen) atoms. The molecule has 0 bridgehead atoms. The van der Waals surface area contributed by atoms with Crippen molar-refractivity contribution in [3.63, 3.8) is 0 Å². The lowest BCUT2D eigenvalue weighted by molar-refractivity contribution is -0.137. The summed E-state index contributed by atoms with van der Waals surface area (Å²) in [5, 5.41) is 9.04. The monoisotopic (exact) mass is 358 g/mol. The van der Waals surface area contributed by atoms with Gasteiger partial charge in [-0.05, 0) is 44.0 Å². The topological polar surface area (TPSA) is 77.9 Å². The summed E-state index contributed by atoms with van der Waals surface area (Å²) in [5.74, 6) is -1.05. The van der Waals surface area contributed by atoms with Crippen LogP contribution in [0.2, 0.25) is 0 Å². The Kier molecular flexibility index (Phi) is 6.31. The number of likely N-dealkylation sites (N-methyl/N-ethyl adjacent to an activating group) is 1. The quantitative estimate of drug-likeness (QED) is 0.825. The summed E-state index contributed by atoms with van der Waals surface area (Å²) < 4.78 is 39.6. The number of rotatable bonds is 6. The van der Waals surface area contributed by atoms with Crippen LogP contribution in [0.15, 0.2) is 29.2 Å². The molecule has 1 aliphatic heterocycles. The molecule has 0 aliphatic carbocycles. The molecule has 1 unspecified atom stereocenters. The smallest absolute Gasteiger partial charge is 0.243 e. The maximum atomic E-state index is 13.0. The van der Waals surface area contributed by atoms with E-state index in [2.05, 4.69) is 0 Å². The van der Waals surface area contributed by atoms with Gasteiger partial charge in [0.05, 0.1) is 17.4 Å². The first-order chi connectivity index (χ1) is 11.4. The number of aliphatic hydroxyl groups excluding tert-OH is 1. The maximum absolute atomic E-state index is 13.0. The van der Waals surface area contributed by atoms with Gasteiger partial charge in [0.25, 0.3) is 0 Å². The SMILES string of the molecule is CCN(CCO)C(=O)C1CCCN(S(=O)(=O)c2ccc(F)cc2)C1. The number of carbonyl (C=O) groups is 1. The molecule has 8 heteroatoms. The minimum atomic E-state index is -3.74. The van der Waals surface area contributed by atoms with Gasteiger partial charge in [-0.2, -0.15) is 4.31 Å². The Hall–Kier alpha value is -1.51. The lowest BCUT2D eigenvalue weighted by Gasteiger charge is -2.34. The highest BCUT2D eigenvalue weighted by Crippen LogP contribution is 2.25. The molecule has 1 fully saturated rings. The maximum Gasteiger partial charge on any atom is 0.243 e. The number of benzene rings is 1. The van der Waals surface area contributed by atoms with Crippen LogP contribution in [0.1, 0.15) is 19.8 Å². The van der Waals surface area contributed by atoms with E-state index >= 15 is 0 Å². The largest absolute Gasteiger partial charge is 0.395 e. The Bertz CT molecular complexity index is 663. The molecular formula is C16H23FN2O4S. The Labute approximate surface area is 141 Å². The second-order valence-corrected chi connectivity index (χ2v) is 7.74. The number of nitrogens with zero attached hydrogens (tertiary/aromatic N) is 2. The fourth-order valence-electron chi connectivity index (χ4n) is 2.92. The second kappa shape index (κ2) is 8.04. The van der Waals surface area contributed by atoms with Crippen LogP contribution < -0.4 is 0 Å². The van der Waals surface area contributed by atoms with Crippen LogP contribution in [0.3, 0.4) is 0 Å². The highest BCUT2D eigenvalue weighted by molar-refractivity contribution is 7.89. The Morgan fingerprint density at radius 1 is 1.38 bits per heavy atom. The van der Waals surface area contributed by atoms with Gasteiger partial charge in [-0.25, -0.2) is 12.8 Å². The van der Waals surface area contributed by atoms with Crippen LogP contribution in [0, 0.1) is 11.7 Å². The molecule has 0 spiro atoms. The van der Waals surface area contributed by atoms with Crippen molar-refractivity contribution in [1.82, 2.24) is 9.21 Å². The molecule has 1 atom stereocenters. The van der Waals surface area contributed by atoms with E-state index in [1.165, 1.54) is 16.4 Å². The van der Waals surface area contributed by atoms with Gasteiger partial charge >= 0.3 is 0 Å². The van der Waals surface area contributed by atoms with Gasteiger partial charge < -0.3 is 10.0 Å². The first-order valence-corrected chi connectivity index (χ1v) is 9.49.